The molecule has 2 radical (unpaired) electrons. The number of rotatable bonds is 3. The first-order valence-electron chi connectivity index (χ1n) is 6.44. The molecule has 0 saturated carbocycles. The zero-order chi connectivity index (χ0) is 14.7. The summed E-state index contributed by atoms with van der Waals surface area (Å²) >= 11 is 0. The van der Waals surface area contributed by atoms with Gasteiger partial charge in [-0.25, -0.2) is 9.69 Å². The lowest BCUT2D eigenvalue weighted by Gasteiger charge is -2.16. The summed E-state index contributed by atoms with van der Waals surface area (Å²) in [6, 6.07) is -1.14. The Hall–Kier alpha value is -1.59. The summed E-state index contributed by atoms with van der Waals surface area (Å²) in [4.78, 5) is 30.7. The van der Waals surface area contributed by atoms with Crippen LogP contribution in [-0.4, -0.2) is 47.5 Å². The van der Waals surface area contributed by atoms with Crippen molar-refractivity contribution in [3.63, 3.8) is 0 Å². The van der Waals surface area contributed by atoms with Crippen LogP contribution in [0.1, 0.15) is 41.0 Å². The largest absolute Gasteiger partial charge is 0.367 e. The number of nitrogens with zero attached hydrogens (tertiary/aromatic N) is 3. The topological polar surface area (TPSA) is 53.0 Å². The molecule has 0 aliphatic carbocycles. The van der Waals surface area contributed by atoms with Crippen LogP contribution in [0.2, 0.25) is 0 Å². The van der Waals surface area contributed by atoms with E-state index in [0.717, 1.165) is 15.3 Å². The molecular weight excluding hydrogens is 241 g/mol. The lowest BCUT2D eigenvalue weighted by Crippen LogP contribution is -2.37. The third-order valence-electron chi connectivity index (χ3n) is 2.68. The zero-order valence-electron chi connectivity index (χ0n) is 12.2. The van der Waals surface area contributed by atoms with Crippen molar-refractivity contribution in [1.29, 1.82) is 0 Å². The van der Waals surface area contributed by atoms with Gasteiger partial charge in [0.2, 0.25) is 7.98 Å². The van der Waals surface area contributed by atoms with Crippen LogP contribution in [0.25, 0.3) is 0 Å². The van der Waals surface area contributed by atoms with Crippen molar-refractivity contribution >= 4 is 25.8 Å². The molecule has 0 bridgehead atoms. The highest BCUT2D eigenvalue weighted by molar-refractivity contribution is 6.28. The number of aliphatic imine (C=N–C) groups is 1. The first kappa shape index (κ1) is 15.5. The minimum Gasteiger partial charge on any atom is -0.367 e. The van der Waals surface area contributed by atoms with Crippen LogP contribution in [-0.2, 0) is 4.79 Å². The number of carbonyl (C=O) groups excluding carboxylic acids is 2. The number of amides is 3. The Morgan fingerprint density at radius 3 is 2.37 bits per heavy atom. The molecule has 0 aromatic rings. The number of carbonyl (C=O) groups is 2. The lowest BCUT2D eigenvalue weighted by molar-refractivity contribution is -0.125. The van der Waals surface area contributed by atoms with E-state index in [1.54, 1.807) is 6.08 Å². The third-order valence-corrected chi connectivity index (χ3v) is 2.68. The van der Waals surface area contributed by atoms with Crippen LogP contribution in [0.4, 0.5) is 4.79 Å². The Morgan fingerprint density at radius 2 is 2.00 bits per heavy atom. The van der Waals surface area contributed by atoms with Crippen molar-refractivity contribution in [2.24, 2.45) is 4.99 Å². The van der Waals surface area contributed by atoms with Gasteiger partial charge in [-0.1, -0.05) is 12.5 Å². The predicted octanol–water partition coefficient (Wildman–Crippen LogP) is 1.89. The summed E-state index contributed by atoms with van der Waals surface area (Å²) in [5, 5.41) is 0. The van der Waals surface area contributed by atoms with Crippen LogP contribution in [0.15, 0.2) is 16.6 Å². The smallest absolute Gasteiger partial charge is 0.320 e. The van der Waals surface area contributed by atoms with E-state index in [4.69, 9.17) is 7.98 Å². The average Bonchev–Trinajstić information content (AvgIpc) is 2.48. The maximum absolute atomic E-state index is 12.2. The Bertz CT molecular complexity index is 439. The van der Waals surface area contributed by atoms with Gasteiger partial charge in [0.05, 0.1) is 0 Å². The first-order valence-corrected chi connectivity index (χ1v) is 6.44. The normalized spacial score (nSPS) is 20.5. The average molecular weight is 261 g/mol. The molecule has 1 aliphatic rings. The molecule has 102 valence electrons. The highest BCUT2D eigenvalue weighted by Crippen LogP contribution is 2.19. The van der Waals surface area contributed by atoms with Crippen molar-refractivity contribution < 1.29 is 9.59 Å². The second kappa shape index (κ2) is 6.04. The predicted molar refractivity (Wildman–Crippen MR) is 75.9 cm³/mol. The molecule has 1 saturated heterocycles. The molecule has 0 unspecified atom stereocenters. The van der Waals surface area contributed by atoms with Gasteiger partial charge >= 0.3 is 6.03 Å². The number of hydrogen-bond donors (Lipinski definition) is 0. The summed E-state index contributed by atoms with van der Waals surface area (Å²) in [6.45, 7) is 9.37. The highest BCUT2D eigenvalue weighted by Gasteiger charge is 2.43. The Balaban J connectivity index is 3.21. The quantitative estimate of drug-likeness (QED) is 0.337. The van der Waals surface area contributed by atoms with Gasteiger partial charge in [0.15, 0.2) is 0 Å². The maximum Gasteiger partial charge on any atom is 0.320 e. The van der Waals surface area contributed by atoms with Crippen LogP contribution in [0.3, 0.4) is 0 Å². The minimum atomic E-state index is -0.601. The molecule has 0 aromatic heterocycles. The second-order valence-corrected chi connectivity index (χ2v) is 5.09. The third kappa shape index (κ3) is 3.25. The summed E-state index contributed by atoms with van der Waals surface area (Å²) < 4.78 is 0. The van der Waals surface area contributed by atoms with Crippen LogP contribution < -0.4 is 0 Å². The van der Waals surface area contributed by atoms with Gasteiger partial charge in [-0.2, -0.15) is 0 Å². The van der Waals surface area contributed by atoms with Crippen molar-refractivity contribution in [2.75, 3.05) is 0 Å². The van der Waals surface area contributed by atoms with Gasteiger partial charge in [0, 0.05) is 6.04 Å². The van der Waals surface area contributed by atoms with Crippen LogP contribution >= 0.6 is 0 Å². The highest BCUT2D eigenvalue weighted by atomic mass is 16.2. The molecule has 3 amide bonds. The maximum atomic E-state index is 12.2. The van der Waals surface area contributed by atoms with Gasteiger partial charge in [-0.3, -0.25) is 9.79 Å². The lowest BCUT2D eigenvalue weighted by atomic mass is 10.1. The van der Waals surface area contributed by atoms with E-state index in [-0.39, 0.29) is 11.9 Å². The molecule has 5 nitrogen and oxygen atoms in total. The molecule has 1 aliphatic heterocycles. The SMILES string of the molecule is [B]N1C(=O)N(C(C=C(C)C)=NC(C)C)C(=O)[C@H]1CC. The molecule has 1 heterocycles. The first-order chi connectivity index (χ1) is 8.79. The van der Waals surface area contributed by atoms with Gasteiger partial charge in [0.25, 0.3) is 5.91 Å². The molecule has 1 atom stereocenters. The van der Waals surface area contributed by atoms with E-state index >= 15 is 0 Å². The van der Waals surface area contributed by atoms with Gasteiger partial charge in [0.1, 0.15) is 11.9 Å². The summed E-state index contributed by atoms with van der Waals surface area (Å²) in [6.07, 6.45) is 2.21. The number of hydrogen-bond acceptors (Lipinski definition) is 3. The summed E-state index contributed by atoms with van der Waals surface area (Å²) in [7, 11) is 5.66. The van der Waals surface area contributed by atoms with Crippen molar-refractivity contribution in [2.45, 2.75) is 53.1 Å². The van der Waals surface area contributed by atoms with E-state index in [1.165, 1.54) is 0 Å². The second-order valence-electron chi connectivity index (χ2n) is 5.09. The minimum absolute atomic E-state index is 0.0156. The fraction of sp³-hybridized carbons (Fsp3) is 0.615. The Kier molecular flexibility index (Phi) is 4.92. The Labute approximate surface area is 115 Å². The van der Waals surface area contributed by atoms with Gasteiger partial charge in [-0.05, 0) is 40.2 Å². The standard InChI is InChI=1S/C13H20BN3O2/c1-6-10-12(18)16(13(19)17(10)14)11(7-8(2)3)15-9(4)5/h7,9-10H,6H2,1-5H3/t10-/m1/s1. The number of urea groups is 1. The number of amidine groups is 1. The molecule has 1 fully saturated rings. The monoisotopic (exact) mass is 261 g/mol. The van der Waals surface area contributed by atoms with Crippen molar-refractivity contribution in [3.05, 3.63) is 11.6 Å². The fourth-order valence-electron chi connectivity index (χ4n) is 1.88. The van der Waals surface area contributed by atoms with E-state index in [0.29, 0.717) is 12.3 Å². The molecule has 6 heteroatoms. The van der Waals surface area contributed by atoms with E-state index < -0.39 is 12.1 Å². The summed E-state index contributed by atoms with van der Waals surface area (Å²) in [5.74, 6) is 0.0447. The van der Waals surface area contributed by atoms with Crippen LogP contribution in [0, 0.1) is 0 Å². The Morgan fingerprint density at radius 1 is 1.42 bits per heavy atom. The molecule has 0 spiro atoms. The van der Waals surface area contributed by atoms with E-state index in [9.17, 15) is 9.59 Å². The van der Waals surface area contributed by atoms with Gasteiger partial charge < -0.3 is 4.81 Å². The molecular formula is C13H20BN3O2. The zero-order valence-corrected chi connectivity index (χ0v) is 12.2. The van der Waals surface area contributed by atoms with Gasteiger partial charge in [-0.15, -0.1) is 0 Å². The fourth-order valence-corrected chi connectivity index (χ4v) is 1.88. The van der Waals surface area contributed by atoms with E-state index in [1.807, 2.05) is 34.6 Å². The van der Waals surface area contributed by atoms with Crippen molar-refractivity contribution in [3.8, 4) is 0 Å². The van der Waals surface area contributed by atoms with Crippen LogP contribution in [0.5, 0.6) is 0 Å². The van der Waals surface area contributed by atoms with E-state index in [2.05, 4.69) is 4.99 Å². The van der Waals surface area contributed by atoms with Crippen molar-refractivity contribution in [1.82, 2.24) is 9.71 Å². The molecule has 0 N–H and O–H groups in total. The molecule has 1 rings (SSSR count). The number of imide groups is 1. The number of allylic oxidation sites excluding steroid dienone is 1. The molecule has 0 aromatic carbocycles. The summed E-state index contributed by atoms with van der Waals surface area (Å²) in [5.41, 5.74) is 0.962. The molecule has 19 heavy (non-hydrogen) atoms.